The fraction of sp³-hybridized carbons (Fsp3) is 0.389. The molecule has 1 unspecified atom stereocenters. The van der Waals surface area contributed by atoms with E-state index in [1.165, 1.54) is 7.11 Å². The van der Waals surface area contributed by atoms with Crippen molar-refractivity contribution in [3.63, 3.8) is 0 Å². The van der Waals surface area contributed by atoms with Crippen molar-refractivity contribution < 1.29 is 9.53 Å². The van der Waals surface area contributed by atoms with Crippen molar-refractivity contribution in [2.45, 2.75) is 18.8 Å². The number of carbonyl (C=O) groups excluding carboxylic acids is 1. The van der Waals surface area contributed by atoms with Gasteiger partial charge < -0.3 is 9.64 Å². The number of esters is 1. The number of methoxy groups -OCH3 is 1. The molecule has 3 heterocycles. The Bertz CT molecular complexity index is 899. The maximum atomic E-state index is 12.7. The van der Waals surface area contributed by atoms with Gasteiger partial charge in [-0.15, -0.1) is 0 Å². The number of carbonyl (C=O) groups is 1. The Morgan fingerprint density at radius 2 is 2.08 bits per heavy atom. The number of nitrogens with zero attached hydrogens (tertiary/aromatic N) is 4. The second-order valence-electron chi connectivity index (χ2n) is 6.47. The third kappa shape index (κ3) is 2.41. The van der Waals surface area contributed by atoms with Crippen molar-refractivity contribution in [3.05, 3.63) is 41.6 Å². The fourth-order valence-electron chi connectivity index (χ4n) is 3.65. The minimum absolute atomic E-state index is 0.180. The molecule has 1 aromatic carbocycles. The molecule has 1 aliphatic heterocycles. The number of hydrogen-bond acceptors (Lipinski definition) is 6. The van der Waals surface area contributed by atoms with Crippen LogP contribution in [-0.2, 0) is 22.0 Å². The van der Waals surface area contributed by atoms with Gasteiger partial charge in [0.25, 0.3) is 0 Å². The van der Waals surface area contributed by atoms with E-state index >= 15 is 0 Å². The zero-order valence-electron chi connectivity index (χ0n) is 14.5. The van der Waals surface area contributed by atoms with Crippen LogP contribution in [0.25, 0.3) is 10.3 Å². The summed E-state index contributed by atoms with van der Waals surface area (Å²) in [6.07, 6.45) is 0.719. The van der Waals surface area contributed by atoms with Crippen LogP contribution in [0.1, 0.15) is 17.7 Å². The molecule has 4 rings (SSSR count). The molecule has 2 aromatic heterocycles. The number of aryl methyl sites for hydroxylation is 2. The number of thiazole rings is 1. The van der Waals surface area contributed by atoms with Crippen molar-refractivity contribution in [2.75, 3.05) is 25.1 Å². The average molecular weight is 356 g/mol. The predicted octanol–water partition coefficient (Wildman–Crippen LogP) is 2.66. The van der Waals surface area contributed by atoms with Crippen molar-refractivity contribution in [1.29, 1.82) is 0 Å². The van der Waals surface area contributed by atoms with Gasteiger partial charge >= 0.3 is 5.97 Å². The van der Waals surface area contributed by atoms with E-state index in [4.69, 9.17) is 9.72 Å². The van der Waals surface area contributed by atoms with Gasteiger partial charge in [-0.2, -0.15) is 5.10 Å². The molecule has 0 saturated carbocycles. The minimum atomic E-state index is -0.638. The molecule has 25 heavy (non-hydrogen) atoms. The molecular weight excluding hydrogens is 336 g/mol. The molecule has 0 bridgehead atoms. The van der Waals surface area contributed by atoms with Crippen LogP contribution >= 0.6 is 11.3 Å². The van der Waals surface area contributed by atoms with E-state index < -0.39 is 5.41 Å². The Morgan fingerprint density at radius 3 is 2.76 bits per heavy atom. The van der Waals surface area contributed by atoms with Crippen LogP contribution in [0.3, 0.4) is 0 Å². The van der Waals surface area contributed by atoms with Gasteiger partial charge in [-0.1, -0.05) is 41.7 Å². The lowest BCUT2D eigenvalue weighted by Gasteiger charge is -2.26. The third-order valence-electron chi connectivity index (χ3n) is 4.98. The Labute approximate surface area is 150 Å². The standard InChI is InChI=1S/C18H20N4O2S/c1-12-14-15(21(2)20-12)19-17(25-14)22-10-9-18(11-22,16(23)24-3)13-7-5-4-6-8-13/h4-8H,9-11H2,1-3H3. The summed E-state index contributed by atoms with van der Waals surface area (Å²) < 4.78 is 8.08. The normalized spacial score (nSPS) is 20.4. The zero-order chi connectivity index (χ0) is 17.6. The highest BCUT2D eigenvalue weighted by Gasteiger charge is 2.47. The Balaban J connectivity index is 1.72. The topological polar surface area (TPSA) is 60.2 Å². The molecule has 0 amide bonds. The van der Waals surface area contributed by atoms with Gasteiger partial charge in [0.05, 0.1) is 17.5 Å². The summed E-state index contributed by atoms with van der Waals surface area (Å²) in [5.41, 5.74) is 2.25. The highest BCUT2D eigenvalue weighted by Crippen LogP contribution is 2.40. The van der Waals surface area contributed by atoms with Crippen LogP contribution in [-0.4, -0.2) is 40.9 Å². The Morgan fingerprint density at radius 1 is 1.32 bits per heavy atom. The first-order valence-electron chi connectivity index (χ1n) is 8.24. The van der Waals surface area contributed by atoms with Crippen molar-refractivity contribution in [2.24, 2.45) is 7.05 Å². The van der Waals surface area contributed by atoms with E-state index in [1.54, 1.807) is 11.3 Å². The lowest BCUT2D eigenvalue weighted by molar-refractivity contribution is -0.146. The van der Waals surface area contributed by atoms with Gasteiger partial charge in [-0.3, -0.25) is 4.79 Å². The molecule has 130 valence electrons. The first-order valence-corrected chi connectivity index (χ1v) is 9.06. The highest BCUT2D eigenvalue weighted by molar-refractivity contribution is 7.22. The number of ether oxygens (including phenoxy) is 1. The van der Waals surface area contributed by atoms with Gasteiger partial charge in [0.2, 0.25) is 0 Å². The number of rotatable bonds is 3. The summed E-state index contributed by atoms with van der Waals surface area (Å²) in [5, 5.41) is 5.35. The number of anilines is 1. The molecule has 1 aliphatic rings. The maximum absolute atomic E-state index is 12.7. The Kier molecular flexibility index (Phi) is 3.76. The third-order valence-corrected chi connectivity index (χ3v) is 6.19. The van der Waals surface area contributed by atoms with E-state index in [9.17, 15) is 4.79 Å². The number of fused-ring (bicyclic) bond motifs is 1. The van der Waals surface area contributed by atoms with Crippen LogP contribution in [0, 0.1) is 6.92 Å². The van der Waals surface area contributed by atoms with Crippen molar-refractivity contribution in [3.8, 4) is 0 Å². The first-order chi connectivity index (χ1) is 12.0. The van der Waals surface area contributed by atoms with Crippen LogP contribution in [0.2, 0.25) is 0 Å². The molecule has 0 spiro atoms. The van der Waals surface area contributed by atoms with Gasteiger partial charge in [0, 0.05) is 20.1 Å². The molecule has 3 aromatic rings. The number of benzene rings is 1. The molecule has 1 saturated heterocycles. The summed E-state index contributed by atoms with van der Waals surface area (Å²) in [5.74, 6) is -0.180. The van der Waals surface area contributed by atoms with Crippen LogP contribution in [0.4, 0.5) is 5.13 Å². The second-order valence-corrected chi connectivity index (χ2v) is 7.45. The van der Waals surface area contributed by atoms with Gasteiger partial charge in [-0.05, 0) is 18.9 Å². The molecule has 0 radical (unpaired) electrons. The van der Waals surface area contributed by atoms with Crippen LogP contribution in [0.15, 0.2) is 30.3 Å². The predicted molar refractivity (Wildman–Crippen MR) is 98.1 cm³/mol. The summed E-state index contributed by atoms with van der Waals surface area (Å²) >= 11 is 1.64. The molecule has 6 nitrogen and oxygen atoms in total. The van der Waals surface area contributed by atoms with Crippen molar-refractivity contribution in [1.82, 2.24) is 14.8 Å². The van der Waals surface area contributed by atoms with Gasteiger partial charge in [0.1, 0.15) is 5.41 Å². The SMILES string of the molecule is COC(=O)C1(c2ccccc2)CCN(c2nc3c(s2)c(C)nn3C)C1. The maximum Gasteiger partial charge on any atom is 0.318 e. The summed E-state index contributed by atoms with van der Waals surface area (Å²) in [6, 6.07) is 9.91. The smallest absolute Gasteiger partial charge is 0.318 e. The highest BCUT2D eigenvalue weighted by atomic mass is 32.1. The van der Waals surface area contributed by atoms with E-state index in [-0.39, 0.29) is 5.97 Å². The van der Waals surface area contributed by atoms with E-state index in [0.29, 0.717) is 6.54 Å². The summed E-state index contributed by atoms with van der Waals surface area (Å²) in [6.45, 7) is 3.35. The molecule has 1 fully saturated rings. The summed E-state index contributed by atoms with van der Waals surface area (Å²) in [7, 11) is 3.37. The lowest BCUT2D eigenvalue weighted by atomic mass is 9.80. The summed E-state index contributed by atoms with van der Waals surface area (Å²) in [4.78, 5) is 19.6. The van der Waals surface area contributed by atoms with E-state index in [0.717, 1.165) is 39.7 Å². The second kappa shape index (κ2) is 5.84. The van der Waals surface area contributed by atoms with E-state index in [1.807, 2.05) is 49.0 Å². The largest absolute Gasteiger partial charge is 0.468 e. The van der Waals surface area contributed by atoms with E-state index in [2.05, 4.69) is 10.00 Å². The monoisotopic (exact) mass is 356 g/mol. The number of hydrogen-bond donors (Lipinski definition) is 0. The molecule has 1 atom stereocenters. The van der Waals surface area contributed by atoms with Crippen LogP contribution in [0.5, 0.6) is 0 Å². The van der Waals surface area contributed by atoms with Crippen molar-refractivity contribution >= 4 is 32.8 Å². The average Bonchev–Trinajstić information content (AvgIpc) is 3.32. The zero-order valence-corrected chi connectivity index (χ0v) is 15.3. The molecule has 7 heteroatoms. The fourth-order valence-corrected chi connectivity index (χ4v) is 4.71. The molecular formula is C18H20N4O2S. The first kappa shape index (κ1) is 16.1. The number of aromatic nitrogens is 3. The molecule has 0 aliphatic carbocycles. The Hall–Kier alpha value is -2.41. The minimum Gasteiger partial charge on any atom is -0.468 e. The van der Waals surface area contributed by atoms with Crippen LogP contribution < -0.4 is 4.90 Å². The lowest BCUT2D eigenvalue weighted by Crippen LogP contribution is -2.40. The van der Waals surface area contributed by atoms with Gasteiger partial charge in [0.15, 0.2) is 10.8 Å². The van der Waals surface area contributed by atoms with Gasteiger partial charge in [-0.25, -0.2) is 9.67 Å². The molecule has 0 N–H and O–H groups in total. The quantitative estimate of drug-likeness (QED) is 0.675.